The van der Waals surface area contributed by atoms with Crippen LogP contribution in [0.2, 0.25) is 0 Å². The normalized spacial score (nSPS) is 18.5. The summed E-state index contributed by atoms with van der Waals surface area (Å²) < 4.78 is 27.1. The first kappa shape index (κ1) is 21.9. The number of nitrogens with zero attached hydrogens (tertiary/aromatic N) is 3. The van der Waals surface area contributed by atoms with Gasteiger partial charge in [-0.05, 0) is 42.1 Å². The monoisotopic (exact) mass is 462 g/mol. The zero-order valence-corrected chi connectivity index (χ0v) is 18.8. The van der Waals surface area contributed by atoms with Crippen LogP contribution in [0.1, 0.15) is 19.3 Å². The van der Waals surface area contributed by atoms with Gasteiger partial charge in [-0.25, -0.2) is 8.42 Å². The topological polar surface area (TPSA) is 90.0 Å². The first-order valence-electron chi connectivity index (χ1n) is 10.4. The average molecular weight is 463 g/mol. The van der Waals surface area contributed by atoms with Crippen LogP contribution in [0.3, 0.4) is 0 Å². The lowest BCUT2D eigenvalue weighted by atomic mass is 10.2. The fourth-order valence-corrected chi connectivity index (χ4v) is 6.43. The van der Waals surface area contributed by atoms with Gasteiger partial charge in [-0.1, -0.05) is 6.07 Å². The Kier molecular flexibility index (Phi) is 6.71. The van der Waals surface area contributed by atoms with Gasteiger partial charge in [0.25, 0.3) is 10.0 Å². The van der Waals surface area contributed by atoms with E-state index in [4.69, 9.17) is 0 Å². The van der Waals surface area contributed by atoms with Gasteiger partial charge in [0.15, 0.2) is 0 Å². The molecule has 2 saturated heterocycles. The summed E-state index contributed by atoms with van der Waals surface area (Å²) in [6, 6.07) is 10.7. The highest BCUT2D eigenvalue weighted by atomic mass is 32.2. The van der Waals surface area contributed by atoms with Crippen LogP contribution in [-0.2, 0) is 19.6 Å². The number of rotatable bonds is 7. The summed E-state index contributed by atoms with van der Waals surface area (Å²) in [7, 11) is -3.41. The second-order valence-electron chi connectivity index (χ2n) is 7.67. The Morgan fingerprint density at radius 2 is 1.77 bits per heavy atom. The molecule has 2 fully saturated rings. The lowest BCUT2D eigenvalue weighted by Gasteiger charge is -2.33. The van der Waals surface area contributed by atoms with Gasteiger partial charge < -0.3 is 15.1 Å². The summed E-state index contributed by atoms with van der Waals surface area (Å²) >= 11 is 1.23. The molecule has 4 rings (SSSR count). The molecule has 31 heavy (non-hydrogen) atoms. The van der Waals surface area contributed by atoms with Gasteiger partial charge in [-0.3, -0.25) is 9.59 Å². The minimum atomic E-state index is -3.41. The van der Waals surface area contributed by atoms with E-state index in [0.29, 0.717) is 55.5 Å². The van der Waals surface area contributed by atoms with Crippen molar-refractivity contribution in [3.05, 3.63) is 41.8 Å². The average Bonchev–Trinajstić information content (AvgIpc) is 3.46. The molecular formula is C21H26N4O4S2. The summed E-state index contributed by atoms with van der Waals surface area (Å²) in [4.78, 5) is 28.0. The molecule has 166 valence electrons. The highest BCUT2D eigenvalue weighted by Crippen LogP contribution is 2.24. The van der Waals surface area contributed by atoms with Crippen LogP contribution in [0, 0.1) is 0 Å². The van der Waals surface area contributed by atoms with Crippen molar-refractivity contribution >= 4 is 44.5 Å². The van der Waals surface area contributed by atoms with E-state index in [1.807, 2.05) is 24.3 Å². The molecule has 0 bridgehead atoms. The number of benzene rings is 1. The quantitative estimate of drug-likeness (QED) is 0.681. The van der Waals surface area contributed by atoms with E-state index >= 15 is 0 Å². The number of sulfonamides is 1. The fraction of sp³-hybridized carbons (Fsp3) is 0.429. The molecule has 2 aliphatic rings. The standard InChI is InChI=1S/C21H26N4O4S2/c26-19(22-17-5-7-18(8-6-17)25-10-1-3-20(25)27)9-11-23-12-14-24(15-13-23)31(28,29)21-4-2-16-30-21/h2,4-8,16H,1,3,9-15H2,(H,22,26). The second-order valence-corrected chi connectivity index (χ2v) is 10.8. The Labute approximate surface area is 186 Å². The molecule has 0 spiro atoms. The number of anilines is 2. The van der Waals surface area contributed by atoms with Crippen molar-refractivity contribution in [2.45, 2.75) is 23.5 Å². The minimum absolute atomic E-state index is 0.0846. The second kappa shape index (κ2) is 9.47. The first-order valence-corrected chi connectivity index (χ1v) is 12.7. The van der Waals surface area contributed by atoms with Crippen molar-refractivity contribution in [1.29, 1.82) is 0 Å². The maximum Gasteiger partial charge on any atom is 0.252 e. The number of hydrogen-bond acceptors (Lipinski definition) is 6. The Morgan fingerprint density at radius 3 is 2.39 bits per heavy atom. The van der Waals surface area contributed by atoms with Crippen molar-refractivity contribution < 1.29 is 18.0 Å². The first-order chi connectivity index (χ1) is 14.9. The maximum absolute atomic E-state index is 12.6. The number of carbonyl (C=O) groups is 2. The Bertz CT molecular complexity index is 1010. The molecule has 0 aliphatic carbocycles. The Morgan fingerprint density at radius 1 is 1.03 bits per heavy atom. The molecule has 8 nitrogen and oxygen atoms in total. The third kappa shape index (κ3) is 5.15. The van der Waals surface area contributed by atoms with Gasteiger partial charge in [-0.15, -0.1) is 11.3 Å². The van der Waals surface area contributed by atoms with E-state index in [-0.39, 0.29) is 11.8 Å². The van der Waals surface area contributed by atoms with Gasteiger partial charge in [0, 0.05) is 63.5 Å². The minimum Gasteiger partial charge on any atom is -0.326 e. The summed E-state index contributed by atoms with van der Waals surface area (Å²) in [5.74, 6) is 0.0544. The summed E-state index contributed by atoms with van der Waals surface area (Å²) in [6.07, 6.45) is 1.81. The zero-order valence-electron chi connectivity index (χ0n) is 17.2. The van der Waals surface area contributed by atoms with Gasteiger partial charge in [0.2, 0.25) is 11.8 Å². The van der Waals surface area contributed by atoms with E-state index in [0.717, 1.165) is 18.7 Å². The molecule has 3 heterocycles. The van der Waals surface area contributed by atoms with E-state index in [1.165, 1.54) is 15.6 Å². The predicted octanol–water partition coefficient (Wildman–Crippen LogP) is 2.21. The SMILES string of the molecule is O=C(CCN1CCN(S(=O)(=O)c2cccs2)CC1)Nc1ccc(N2CCCC2=O)cc1. The predicted molar refractivity (Wildman–Crippen MR) is 121 cm³/mol. The molecule has 1 N–H and O–H groups in total. The van der Waals surface area contributed by atoms with E-state index in [1.54, 1.807) is 22.4 Å². The van der Waals surface area contributed by atoms with Crippen molar-refractivity contribution in [1.82, 2.24) is 9.21 Å². The highest BCUT2D eigenvalue weighted by Gasteiger charge is 2.29. The van der Waals surface area contributed by atoms with Crippen molar-refractivity contribution in [2.75, 3.05) is 49.5 Å². The number of piperazine rings is 1. The van der Waals surface area contributed by atoms with Gasteiger partial charge in [0.1, 0.15) is 4.21 Å². The van der Waals surface area contributed by atoms with Crippen molar-refractivity contribution in [2.24, 2.45) is 0 Å². The third-order valence-electron chi connectivity index (χ3n) is 5.61. The molecule has 1 aromatic heterocycles. The molecule has 2 aliphatic heterocycles. The number of thiophene rings is 1. The Balaban J connectivity index is 1.21. The summed E-state index contributed by atoms with van der Waals surface area (Å²) in [5, 5.41) is 4.65. The van der Waals surface area contributed by atoms with E-state index < -0.39 is 10.0 Å². The summed E-state index contributed by atoms with van der Waals surface area (Å²) in [5.41, 5.74) is 1.56. The van der Waals surface area contributed by atoms with Gasteiger partial charge in [0.05, 0.1) is 0 Å². The highest BCUT2D eigenvalue weighted by molar-refractivity contribution is 7.91. The lowest BCUT2D eigenvalue weighted by Crippen LogP contribution is -2.48. The number of nitrogens with one attached hydrogen (secondary N) is 1. The maximum atomic E-state index is 12.6. The van der Waals surface area contributed by atoms with Gasteiger partial charge >= 0.3 is 0 Å². The molecule has 2 amide bonds. The van der Waals surface area contributed by atoms with Crippen LogP contribution in [0.5, 0.6) is 0 Å². The van der Waals surface area contributed by atoms with Crippen LogP contribution in [0.25, 0.3) is 0 Å². The van der Waals surface area contributed by atoms with Crippen molar-refractivity contribution in [3.63, 3.8) is 0 Å². The third-order valence-corrected chi connectivity index (χ3v) is 8.88. The molecule has 0 radical (unpaired) electrons. The lowest BCUT2D eigenvalue weighted by molar-refractivity contribution is -0.117. The molecule has 0 atom stereocenters. The summed E-state index contributed by atoms with van der Waals surface area (Å²) in [6.45, 7) is 3.40. The molecule has 0 unspecified atom stereocenters. The number of amides is 2. The van der Waals surface area contributed by atoms with Crippen LogP contribution >= 0.6 is 11.3 Å². The van der Waals surface area contributed by atoms with Crippen LogP contribution in [0.4, 0.5) is 11.4 Å². The molecule has 1 aromatic carbocycles. The van der Waals surface area contributed by atoms with E-state index in [2.05, 4.69) is 10.2 Å². The largest absolute Gasteiger partial charge is 0.326 e. The van der Waals surface area contributed by atoms with Crippen LogP contribution in [-0.4, -0.2) is 68.7 Å². The van der Waals surface area contributed by atoms with Crippen molar-refractivity contribution in [3.8, 4) is 0 Å². The van der Waals surface area contributed by atoms with E-state index in [9.17, 15) is 18.0 Å². The fourth-order valence-electron chi connectivity index (χ4n) is 3.86. The molecule has 2 aromatic rings. The van der Waals surface area contributed by atoms with Crippen LogP contribution < -0.4 is 10.2 Å². The Hall–Kier alpha value is -2.27. The zero-order chi connectivity index (χ0) is 21.8. The number of carbonyl (C=O) groups excluding carboxylic acids is 2. The molecule has 10 heteroatoms. The van der Waals surface area contributed by atoms with Crippen LogP contribution in [0.15, 0.2) is 46.0 Å². The molecular weight excluding hydrogens is 436 g/mol. The number of hydrogen-bond donors (Lipinski definition) is 1. The smallest absolute Gasteiger partial charge is 0.252 e. The molecule has 0 saturated carbocycles. The van der Waals surface area contributed by atoms with Gasteiger partial charge in [-0.2, -0.15) is 4.31 Å².